The van der Waals surface area contributed by atoms with Crippen molar-refractivity contribution in [2.24, 2.45) is 5.92 Å². The highest BCUT2D eigenvalue weighted by atomic mass is 19.2. The number of hydrogen-bond donors (Lipinski definition) is 0. The van der Waals surface area contributed by atoms with Gasteiger partial charge < -0.3 is 0 Å². The van der Waals surface area contributed by atoms with E-state index in [0.717, 1.165) is 6.07 Å². The molecule has 1 unspecified atom stereocenters. The van der Waals surface area contributed by atoms with Crippen LogP contribution in [0.1, 0.15) is 30.1 Å². The second kappa shape index (κ2) is 5.36. The third-order valence-corrected chi connectivity index (χ3v) is 2.27. The lowest BCUT2D eigenvalue weighted by Gasteiger charge is -2.07. The number of halogens is 2. The Morgan fingerprint density at radius 3 is 2.75 bits per heavy atom. The molecule has 0 heterocycles. The van der Waals surface area contributed by atoms with Crippen molar-refractivity contribution < 1.29 is 13.6 Å². The standard InChI is InChI=1S/C12H11F2NO/c1-2-4-8(7-15)12(16)9-5-3-6-10(13)11(9)14/h3,5-6,8H,2,4H2,1H3. The molecule has 0 radical (unpaired) electrons. The summed E-state index contributed by atoms with van der Waals surface area (Å²) in [5, 5.41) is 8.76. The maximum Gasteiger partial charge on any atom is 0.183 e. The molecule has 0 N–H and O–H groups in total. The molecule has 1 aromatic carbocycles. The molecule has 0 spiro atoms. The van der Waals surface area contributed by atoms with Crippen LogP contribution < -0.4 is 0 Å². The van der Waals surface area contributed by atoms with Crippen molar-refractivity contribution in [3.8, 4) is 6.07 Å². The van der Waals surface area contributed by atoms with Crippen LogP contribution in [-0.4, -0.2) is 5.78 Å². The first kappa shape index (κ1) is 12.3. The summed E-state index contributed by atoms with van der Waals surface area (Å²) in [6, 6.07) is 5.20. The molecule has 0 aliphatic carbocycles. The van der Waals surface area contributed by atoms with E-state index in [-0.39, 0.29) is 5.56 Å². The maximum absolute atomic E-state index is 13.3. The molecule has 0 aliphatic rings. The highest BCUT2D eigenvalue weighted by molar-refractivity contribution is 5.99. The first-order valence-corrected chi connectivity index (χ1v) is 4.99. The molecule has 2 nitrogen and oxygen atoms in total. The molecule has 0 aliphatic heterocycles. The minimum atomic E-state index is -1.18. The highest BCUT2D eigenvalue weighted by Crippen LogP contribution is 2.18. The van der Waals surface area contributed by atoms with Crippen LogP contribution in [0.5, 0.6) is 0 Å². The summed E-state index contributed by atoms with van der Waals surface area (Å²) in [4.78, 5) is 11.7. The molecule has 1 rings (SSSR count). The Bertz CT molecular complexity index is 437. The smallest absolute Gasteiger partial charge is 0.183 e. The van der Waals surface area contributed by atoms with E-state index in [0.29, 0.717) is 12.8 Å². The lowest BCUT2D eigenvalue weighted by atomic mass is 9.94. The average Bonchev–Trinajstić information content (AvgIpc) is 2.29. The number of nitrogens with zero attached hydrogens (tertiary/aromatic N) is 1. The van der Waals surface area contributed by atoms with Gasteiger partial charge in [-0.05, 0) is 18.6 Å². The Hall–Kier alpha value is -1.76. The molecule has 0 saturated heterocycles. The zero-order chi connectivity index (χ0) is 12.1. The third kappa shape index (κ3) is 2.43. The van der Waals surface area contributed by atoms with Gasteiger partial charge in [0.1, 0.15) is 5.92 Å². The van der Waals surface area contributed by atoms with Crippen LogP contribution in [0.2, 0.25) is 0 Å². The summed E-state index contributed by atoms with van der Waals surface area (Å²) in [5.74, 6) is -3.80. The molecule has 0 aromatic heterocycles. The summed E-state index contributed by atoms with van der Waals surface area (Å²) in [6.45, 7) is 1.82. The fraction of sp³-hybridized carbons (Fsp3) is 0.333. The van der Waals surface area contributed by atoms with E-state index in [2.05, 4.69) is 0 Å². The van der Waals surface area contributed by atoms with Gasteiger partial charge in [-0.2, -0.15) is 5.26 Å². The van der Waals surface area contributed by atoms with Gasteiger partial charge in [-0.1, -0.05) is 19.4 Å². The third-order valence-electron chi connectivity index (χ3n) is 2.27. The predicted octanol–water partition coefficient (Wildman–Crippen LogP) is 3.09. The Morgan fingerprint density at radius 2 is 2.19 bits per heavy atom. The first-order chi connectivity index (χ1) is 7.61. The van der Waals surface area contributed by atoms with Crippen molar-refractivity contribution in [1.82, 2.24) is 0 Å². The number of Topliss-reactive ketones (excluding diaryl/α,β-unsaturated/α-hetero) is 1. The molecule has 0 bridgehead atoms. The first-order valence-electron chi connectivity index (χ1n) is 4.99. The topological polar surface area (TPSA) is 40.9 Å². The fourth-order valence-electron chi connectivity index (χ4n) is 1.42. The molecule has 1 aromatic rings. The lowest BCUT2D eigenvalue weighted by molar-refractivity contribution is 0.0938. The number of rotatable bonds is 4. The van der Waals surface area contributed by atoms with Crippen molar-refractivity contribution in [2.75, 3.05) is 0 Å². The maximum atomic E-state index is 13.3. The van der Waals surface area contributed by atoms with Crippen LogP contribution >= 0.6 is 0 Å². The van der Waals surface area contributed by atoms with Crippen molar-refractivity contribution in [3.05, 3.63) is 35.4 Å². The second-order valence-electron chi connectivity index (χ2n) is 3.44. The van der Waals surface area contributed by atoms with Crippen LogP contribution in [0, 0.1) is 28.9 Å². The van der Waals surface area contributed by atoms with Crippen LogP contribution in [0.25, 0.3) is 0 Å². The van der Waals surface area contributed by atoms with E-state index in [9.17, 15) is 13.6 Å². The number of hydrogen-bond acceptors (Lipinski definition) is 2. The molecule has 84 valence electrons. The van der Waals surface area contributed by atoms with Crippen LogP contribution in [0.4, 0.5) is 8.78 Å². The second-order valence-corrected chi connectivity index (χ2v) is 3.44. The summed E-state index contributed by atoms with van der Waals surface area (Å²) < 4.78 is 26.2. The molecule has 0 saturated carbocycles. The normalized spacial score (nSPS) is 11.9. The molecule has 16 heavy (non-hydrogen) atoms. The van der Waals surface area contributed by atoms with Gasteiger partial charge in [0.2, 0.25) is 0 Å². The number of ketones is 1. The van der Waals surface area contributed by atoms with Crippen molar-refractivity contribution in [2.45, 2.75) is 19.8 Å². The Morgan fingerprint density at radius 1 is 1.50 bits per heavy atom. The predicted molar refractivity (Wildman–Crippen MR) is 54.7 cm³/mol. The molecular weight excluding hydrogens is 212 g/mol. The highest BCUT2D eigenvalue weighted by Gasteiger charge is 2.23. The largest absolute Gasteiger partial charge is 0.293 e. The minimum Gasteiger partial charge on any atom is -0.293 e. The van der Waals surface area contributed by atoms with Gasteiger partial charge in [0.25, 0.3) is 0 Å². The minimum absolute atomic E-state index is 0.347. The Balaban J connectivity index is 3.05. The van der Waals surface area contributed by atoms with Gasteiger partial charge in [-0.25, -0.2) is 8.78 Å². The van der Waals surface area contributed by atoms with Crippen LogP contribution in [0.3, 0.4) is 0 Å². The van der Waals surface area contributed by atoms with E-state index in [1.807, 2.05) is 13.0 Å². The van der Waals surface area contributed by atoms with E-state index >= 15 is 0 Å². The molecule has 1 atom stereocenters. The Kier molecular flexibility index (Phi) is 4.12. The Labute approximate surface area is 92.5 Å². The van der Waals surface area contributed by atoms with Gasteiger partial charge in [0.05, 0.1) is 11.6 Å². The summed E-state index contributed by atoms with van der Waals surface area (Å²) >= 11 is 0. The van der Waals surface area contributed by atoms with Gasteiger partial charge in [0.15, 0.2) is 17.4 Å². The van der Waals surface area contributed by atoms with Gasteiger partial charge in [0, 0.05) is 0 Å². The van der Waals surface area contributed by atoms with E-state index in [1.54, 1.807) is 0 Å². The van der Waals surface area contributed by atoms with Gasteiger partial charge >= 0.3 is 0 Å². The van der Waals surface area contributed by atoms with Crippen molar-refractivity contribution in [3.63, 3.8) is 0 Å². The van der Waals surface area contributed by atoms with E-state index in [1.165, 1.54) is 12.1 Å². The molecule has 0 amide bonds. The summed E-state index contributed by atoms with van der Waals surface area (Å²) in [5.41, 5.74) is -0.347. The molecule has 4 heteroatoms. The summed E-state index contributed by atoms with van der Waals surface area (Å²) in [7, 11) is 0. The molecular formula is C12H11F2NO. The van der Waals surface area contributed by atoms with Crippen molar-refractivity contribution in [1.29, 1.82) is 5.26 Å². The number of nitriles is 1. The zero-order valence-corrected chi connectivity index (χ0v) is 8.84. The number of benzene rings is 1. The van der Waals surface area contributed by atoms with Gasteiger partial charge in [-0.3, -0.25) is 4.79 Å². The van der Waals surface area contributed by atoms with Crippen LogP contribution in [0.15, 0.2) is 18.2 Å². The lowest BCUT2D eigenvalue weighted by Crippen LogP contribution is -2.15. The van der Waals surface area contributed by atoms with E-state index in [4.69, 9.17) is 5.26 Å². The van der Waals surface area contributed by atoms with Crippen molar-refractivity contribution >= 4 is 5.78 Å². The average molecular weight is 223 g/mol. The number of carbonyl (C=O) groups is 1. The quantitative estimate of drug-likeness (QED) is 0.736. The fourth-order valence-corrected chi connectivity index (χ4v) is 1.42. The monoisotopic (exact) mass is 223 g/mol. The van der Waals surface area contributed by atoms with E-state index < -0.39 is 23.3 Å². The van der Waals surface area contributed by atoms with Gasteiger partial charge in [-0.15, -0.1) is 0 Å². The number of carbonyl (C=O) groups excluding carboxylic acids is 1. The SMILES string of the molecule is CCCC(C#N)C(=O)c1cccc(F)c1F. The summed E-state index contributed by atoms with van der Waals surface area (Å²) in [6.07, 6.45) is 0.992. The van der Waals surface area contributed by atoms with Crippen LogP contribution in [-0.2, 0) is 0 Å². The zero-order valence-electron chi connectivity index (χ0n) is 8.84. The molecule has 0 fully saturated rings.